The molecule has 1 aliphatic rings. The molecule has 2 aromatic rings. The Morgan fingerprint density at radius 3 is 2.56 bits per heavy atom. The first-order valence-corrected chi connectivity index (χ1v) is 5.57. The molecule has 96 valence electrons. The first-order valence-electron chi connectivity index (χ1n) is 5.19. The van der Waals surface area contributed by atoms with Gasteiger partial charge in [-0.15, -0.1) is 0 Å². The lowest BCUT2D eigenvalue weighted by Crippen LogP contribution is -2.10. The van der Waals surface area contributed by atoms with Crippen LogP contribution in [-0.4, -0.2) is 14.8 Å². The molecule has 2 heterocycles. The van der Waals surface area contributed by atoms with Crippen LogP contribution >= 0.6 is 11.6 Å². The maximum Gasteiger partial charge on any atom is 0.434 e. The van der Waals surface area contributed by atoms with Crippen molar-refractivity contribution in [3.63, 3.8) is 0 Å². The number of pyridine rings is 1. The largest absolute Gasteiger partial charge is 0.434 e. The maximum atomic E-state index is 13.8. The number of aromatic nitrogens is 3. The third-order valence-electron chi connectivity index (χ3n) is 2.81. The smallest absolute Gasteiger partial charge is 0.259 e. The van der Waals surface area contributed by atoms with Gasteiger partial charge in [0.1, 0.15) is 5.52 Å². The second-order valence-corrected chi connectivity index (χ2v) is 4.50. The van der Waals surface area contributed by atoms with Crippen molar-refractivity contribution in [3.05, 3.63) is 22.9 Å². The van der Waals surface area contributed by atoms with E-state index in [9.17, 15) is 17.6 Å². The summed E-state index contributed by atoms with van der Waals surface area (Å²) < 4.78 is 53.4. The first-order chi connectivity index (χ1) is 8.39. The number of hydrogen-bond acceptors (Lipinski definition) is 2. The minimum absolute atomic E-state index is 0.0449. The van der Waals surface area contributed by atoms with Gasteiger partial charge in [-0.25, -0.2) is 9.37 Å². The van der Waals surface area contributed by atoms with Crippen LogP contribution < -0.4 is 0 Å². The highest BCUT2D eigenvalue weighted by atomic mass is 35.5. The van der Waals surface area contributed by atoms with Gasteiger partial charge >= 0.3 is 6.18 Å². The van der Waals surface area contributed by atoms with E-state index < -0.39 is 22.8 Å². The normalized spacial score (nSPS) is 16.5. The van der Waals surface area contributed by atoms with Crippen molar-refractivity contribution in [2.24, 2.45) is 0 Å². The van der Waals surface area contributed by atoms with E-state index in [0.717, 1.165) is 19.0 Å². The fraction of sp³-hybridized carbons (Fsp3) is 0.400. The van der Waals surface area contributed by atoms with E-state index in [0.29, 0.717) is 0 Å². The lowest BCUT2D eigenvalue weighted by Gasteiger charge is -2.09. The van der Waals surface area contributed by atoms with Crippen molar-refractivity contribution in [2.75, 3.05) is 0 Å². The summed E-state index contributed by atoms with van der Waals surface area (Å²) in [6.45, 7) is 0. The molecule has 0 aliphatic heterocycles. The summed E-state index contributed by atoms with van der Waals surface area (Å²) in [5, 5.41) is 2.68. The maximum absolute atomic E-state index is 13.8. The topological polar surface area (TPSA) is 30.7 Å². The van der Waals surface area contributed by atoms with Crippen LogP contribution in [-0.2, 0) is 6.18 Å². The molecule has 0 spiro atoms. The summed E-state index contributed by atoms with van der Waals surface area (Å²) in [5.74, 6) is -0.955. The molecule has 1 aliphatic carbocycles. The fourth-order valence-corrected chi connectivity index (χ4v) is 2.05. The van der Waals surface area contributed by atoms with Crippen molar-refractivity contribution < 1.29 is 17.6 Å². The van der Waals surface area contributed by atoms with Crippen molar-refractivity contribution in [2.45, 2.75) is 25.1 Å². The number of rotatable bonds is 1. The van der Waals surface area contributed by atoms with Gasteiger partial charge in [0.15, 0.2) is 16.7 Å². The number of fused-ring (bicyclic) bond motifs is 1. The molecule has 0 amide bonds. The van der Waals surface area contributed by atoms with Crippen LogP contribution in [0.1, 0.15) is 24.6 Å². The minimum atomic E-state index is -4.69. The average molecular weight is 280 g/mol. The quantitative estimate of drug-likeness (QED) is 0.590. The Kier molecular flexibility index (Phi) is 2.32. The number of nitrogens with zero attached hydrogens (tertiary/aromatic N) is 3. The van der Waals surface area contributed by atoms with Crippen molar-refractivity contribution >= 4 is 22.5 Å². The molecule has 0 bridgehead atoms. The van der Waals surface area contributed by atoms with Gasteiger partial charge in [0.05, 0.1) is 17.6 Å². The third kappa shape index (κ3) is 1.65. The first kappa shape index (κ1) is 11.7. The standard InChI is InChI=1S/C10H6ClF4N3/c11-9-6(12)7-5(8(17-9)10(13,14)15)3-16-18(7)4-1-2-4/h3-4H,1-2H2. The van der Waals surface area contributed by atoms with Gasteiger partial charge < -0.3 is 0 Å². The van der Waals surface area contributed by atoms with E-state index in [-0.39, 0.29) is 16.9 Å². The van der Waals surface area contributed by atoms with E-state index in [4.69, 9.17) is 11.6 Å². The fourth-order valence-electron chi connectivity index (χ4n) is 1.87. The molecule has 18 heavy (non-hydrogen) atoms. The lowest BCUT2D eigenvalue weighted by atomic mass is 10.2. The molecule has 1 saturated carbocycles. The zero-order valence-electron chi connectivity index (χ0n) is 8.80. The third-order valence-corrected chi connectivity index (χ3v) is 3.06. The molecule has 0 N–H and O–H groups in total. The Morgan fingerprint density at radius 1 is 1.33 bits per heavy atom. The van der Waals surface area contributed by atoms with Gasteiger partial charge in [-0.2, -0.15) is 18.3 Å². The van der Waals surface area contributed by atoms with Crippen LogP contribution in [0, 0.1) is 5.82 Å². The van der Waals surface area contributed by atoms with E-state index in [1.54, 1.807) is 0 Å². The molecule has 2 aromatic heterocycles. The molecule has 1 fully saturated rings. The SMILES string of the molecule is Fc1c(Cl)nc(C(F)(F)F)c2cnn(C3CC3)c12. The summed E-state index contributed by atoms with van der Waals surface area (Å²) in [6, 6.07) is -0.0449. The number of hydrogen-bond donors (Lipinski definition) is 0. The summed E-state index contributed by atoms with van der Waals surface area (Å²) in [4.78, 5) is 3.08. The number of halogens is 5. The molecule has 0 unspecified atom stereocenters. The van der Waals surface area contributed by atoms with Crippen LogP contribution in [0.25, 0.3) is 10.9 Å². The van der Waals surface area contributed by atoms with Crippen LogP contribution in [0.15, 0.2) is 6.20 Å². The monoisotopic (exact) mass is 279 g/mol. The lowest BCUT2D eigenvalue weighted by molar-refractivity contribution is -0.139. The van der Waals surface area contributed by atoms with Crippen LogP contribution in [0.3, 0.4) is 0 Å². The molecule has 0 atom stereocenters. The predicted octanol–water partition coefficient (Wildman–Crippen LogP) is 3.58. The van der Waals surface area contributed by atoms with Gasteiger partial charge in [-0.3, -0.25) is 4.68 Å². The Morgan fingerprint density at radius 2 is 2.00 bits per heavy atom. The molecule has 3 nitrogen and oxygen atoms in total. The molecular formula is C10H6ClF4N3. The molecular weight excluding hydrogens is 274 g/mol. The van der Waals surface area contributed by atoms with Gasteiger partial charge in [-0.05, 0) is 12.8 Å². The molecule has 0 saturated heterocycles. The van der Waals surface area contributed by atoms with Gasteiger partial charge in [0.2, 0.25) is 0 Å². The molecule has 8 heteroatoms. The van der Waals surface area contributed by atoms with Crippen LogP contribution in [0.4, 0.5) is 17.6 Å². The van der Waals surface area contributed by atoms with Crippen LogP contribution in [0.5, 0.6) is 0 Å². The highest BCUT2D eigenvalue weighted by Gasteiger charge is 2.38. The highest BCUT2D eigenvalue weighted by molar-refractivity contribution is 6.30. The molecule has 0 radical (unpaired) electrons. The minimum Gasteiger partial charge on any atom is -0.259 e. The zero-order valence-corrected chi connectivity index (χ0v) is 9.56. The molecule has 3 rings (SSSR count). The van der Waals surface area contributed by atoms with E-state index in [1.807, 2.05) is 0 Å². The predicted molar refractivity (Wildman–Crippen MR) is 55.8 cm³/mol. The van der Waals surface area contributed by atoms with Gasteiger partial charge in [0, 0.05) is 0 Å². The zero-order chi connectivity index (χ0) is 13.1. The Labute approximate surface area is 103 Å². The second kappa shape index (κ2) is 3.57. The van der Waals surface area contributed by atoms with Gasteiger partial charge in [-0.1, -0.05) is 11.6 Å². The summed E-state index contributed by atoms with van der Waals surface area (Å²) in [6.07, 6.45) is -2.15. The Hall–Kier alpha value is -1.37. The molecule has 0 aromatic carbocycles. The van der Waals surface area contributed by atoms with E-state index in [1.165, 1.54) is 4.68 Å². The Bertz CT molecular complexity index is 630. The van der Waals surface area contributed by atoms with Crippen molar-refractivity contribution in [1.82, 2.24) is 14.8 Å². The van der Waals surface area contributed by atoms with Crippen LogP contribution in [0.2, 0.25) is 5.15 Å². The summed E-state index contributed by atoms with van der Waals surface area (Å²) >= 11 is 5.43. The highest BCUT2D eigenvalue weighted by Crippen LogP contribution is 2.41. The second-order valence-electron chi connectivity index (χ2n) is 4.15. The van der Waals surface area contributed by atoms with E-state index >= 15 is 0 Å². The van der Waals surface area contributed by atoms with E-state index in [2.05, 4.69) is 10.1 Å². The van der Waals surface area contributed by atoms with Gasteiger partial charge in [0.25, 0.3) is 0 Å². The van der Waals surface area contributed by atoms with Crippen molar-refractivity contribution in [3.8, 4) is 0 Å². The average Bonchev–Trinajstić information content (AvgIpc) is 3.02. The van der Waals surface area contributed by atoms with Crippen molar-refractivity contribution in [1.29, 1.82) is 0 Å². The Balaban J connectivity index is 2.36. The summed E-state index contributed by atoms with van der Waals surface area (Å²) in [7, 11) is 0. The number of alkyl halides is 3. The summed E-state index contributed by atoms with van der Waals surface area (Å²) in [5.41, 5.74) is -1.42.